The Morgan fingerprint density at radius 3 is 2.12 bits per heavy atom. The third kappa shape index (κ3) is 5.25. The van der Waals surface area contributed by atoms with Crippen molar-refractivity contribution in [2.24, 2.45) is 0 Å². The second-order valence-corrected chi connectivity index (χ2v) is 3.73. The molecular weight excluding hydrogens is 338 g/mol. The van der Waals surface area contributed by atoms with E-state index in [1.54, 1.807) is 18.2 Å². The normalized spacial score (nSPS) is 11.8. The summed E-state index contributed by atoms with van der Waals surface area (Å²) in [7, 11) is 0. The van der Waals surface area contributed by atoms with E-state index < -0.39 is 0 Å². The van der Waals surface area contributed by atoms with Gasteiger partial charge in [0.1, 0.15) is 5.76 Å². The van der Waals surface area contributed by atoms with Crippen molar-refractivity contribution < 1.29 is 51.3 Å². The monoisotopic (exact) mass is 344 g/mol. The van der Waals surface area contributed by atoms with Crippen molar-refractivity contribution in [3.8, 4) is 5.75 Å². The molecule has 0 spiro atoms. The molecule has 0 saturated carbocycles. The van der Waals surface area contributed by atoms with E-state index in [0.29, 0.717) is 15.8 Å². The van der Waals surface area contributed by atoms with Crippen LogP contribution in [0.25, 0.3) is 0 Å². The van der Waals surface area contributed by atoms with Crippen LogP contribution >= 0.6 is 23.2 Å². The van der Waals surface area contributed by atoms with Crippen molar-refractivity contribution in [2.75, 3.05) is 0 Å². The van der Waals surface area contributed by atoms with Crippen molar-refractivity contribution in [1.82, 2.24) is 0 Å². The Balaban J connectivity index is 0. The molecule has 1 aromatic carbocycles. The van der Waals surface area contributed by atoms with Crippen LogP contribution in [0.3, 0.4) is 0 Å². The quantitative estimate of drug-likeness (QED) is 0.576. The minimum absolute atomic E-state index is 0. The summed E-state index contributed by atoms with van der Waals surface area (Å²) in [5.41, 5.74) is 0. The van der Waals surface area contributed by atoms with Crippen LogP contribution in [-0.4, -0.2) is 0 Å². The maximum Gasteiger partial charge on any atom is 2.00 e. The van der Waals surface area contributed by atoms with E-state index in [0.717, 1.165) is 12.2 Å². The zero-order valence-corrected chi connectivity index (χ0v) is 13.2. The molecule has 0 atom stereocenters. The molecular formula is C11H8Cl4OTi. The van der Waals surface area contributed by atoms with Crippen molar-refractivity contribution in [3.63, 3.8) is 0 Å². The van der Waals surface area contributed by atoms with Gasteiger partial charge in [-0.2, -0.15) is 0 Å². The molecule has 0 saturated heterocycles. The molecule has 1 aromatic rings. The summed E-state index contributed by atoms with van der Waals surface area (Å²) in [5.74, 6) is 1.39. The molecule has 6 heteroatoms. The second-order valence-electron chi connectivity index (χ2n) is 2.92. The summed E-state index contributed by atoms with van der Waals surface area (Å²) in [6.07, 6.45) is 6.65. The Labute approximate surface area is 138 Å². The molecule has 0 unspecified atom stereocenters. The summed E-state index contributed by atoms with van der Waals surface area (Å²) in [6.45, 7) is 0. The van der Waals surface area contributed by atoms with Gasteiger partial charge in [-0.1, -0.05) is 41.4 Å². The van der Waals surface area contributed by atoms with Gasteiger partial charge in [0.15, 0.2) is 5.75 Å². The van der Waals surface area contributed by atoms with E-state index in [2.05, 4.69) is 0 Å². The largest absolute Gasteiger partial charge is 2.00 e. The van der Waals surface area contributed by atoms with Gasteiger partial charge in [-0.3, -0.25) is 0 Å². The smallest absolute Gasteiger partial charge is 1.00 e. The predicted molar refractivity (Wildman–Crippen MR) is 58.9 cm³/mol. The van der Waals surface area contributed by atoms with Crippen LogP contribution in [-0.2, 0) is 21.7 Å². The molecule has 1 aliphatic carbocycles. The summed E-state index contributed by atoms with van der Waals surface area (Å²) in [4.78, 5) is 0. The summed E-state index contributed by atoms with van der Waals surface area (Å²) in [5, 5.41) is 1.07. The molecule has 0 heterocycles. The Morgan fingerprint density at radius 2 is 1.65 bits per heavy atom. The predicted octanol–water partition coefficient (Wildman–Crippen LogP) is -1.78. The van der Waals surface area contributed by atoms with Crippen LogP contribution in [0.1, 0.15) is 6.42 Å². The summed E-state index contributed by atoms with van der Waals surface area (Å²) in [6, 6.07) is 5.30. The van der Waals surface area contributed by atoms with Gasteiger partial charge in [0.25, 0.3) is 0 Å². The second kappa shape index (κ2) is 9.32. The first-order valence-corrected chi connectivity index (χ1v) is 5.00. The van der Waals surface area contributed by atoms with Crippen LogP contribution in [0.2, 0.25) is 10.0 Å². The fourth-order valence-electron chi connectivity index (χ4n) is 1.21. The number of allylic oxidation sites excluding steroid dienone is 3. The molecule has 0 fully saturated rings. The van der Waals surface area contributed by atoms with E-state index in [4.69, 9.17) is 27.9 Å². The molecule has 0 bridgehead atoms. The molecule has 0 amide bonds. The van der Waals surface area contributed by atoms with E-state index in [1.807, 2.05) is 18.2 Å². The van der Waals surface area contributed by atoms with Crippen LogP contribution in [0.5, 0.6) is 5.75 Å². The van der Waals surface area contributed by atoms with E-state index in [-0.39, 0.29) is 46.5 Å². The molecule has 17 heavy (non-hydrogen) atoms. The molecule has 1 aliphatic rings. The Morgan fingerprint density at radius 1 is 1.06 bits per heavy atom. The SMILES string of the molecule is Clc1cccc(Cl)c1OC1=CC=CC1.[Cl-].[Cl-].[Ti+2]. The Hall–Kier alpha value is 0.374. The van der Waals surface area contributed by atoms with Crippen LogP contribution < -0.4 is 29.6 Å². The van der Waals surface area contributed by atoms with Gasteiger partial charge in [0.05, 0.1) is 10.0 Å². The zero-order valence-electron chi connectivity index (χ0n) is 8.59. The van der Waals surface area contributed by atoms with Crippen LogP contribution in [0, 0.1) is 0 Å². The Kier molecular flexibility index (Phi) is 10.8. The van der Waals surface area contributed by atoms with Crippen LogP contribution in [0.15, 0.2) is 42.2 Å². The zero-order chi connectivity index (χ0) is 9.97. The molecule has 0 aromatic heterocycles. The molecule has 0 aliphatic heterocycles. The third-order valence-electron chi connectivity index (χ3n) is 1.89. The van der Waals surface area contributed by atoms with Gasteiger partial charge >= 0.3 is 21.7 Å². The topological polar surface area (TPSA) is 9.23 Å². The van der Waals surface area contributed by atoms with E-state index in [1.165, 1.54) is 0 Å². The molecule has 2 rings (SSSR count). The van der Waals surface area contributed by atoms with Gasteiger partial charge in [0.2, 0.25) is 0 Å². The van der Waals surface area contributed by atoms with Crippen molar-refractivity contribution in [1.29, 1.82) is 0 Å². The van der Waals surface area contributed by atoms with Gasteiger partial charge in [-0.15, -0.1) is 0 Å². The van der Waals surface area contributed by atoms with E-state index >= 15 is 0 Å². The third-order valence-corrected chi connectivity index (χ3v) is 2.48. The average Bonchev–Trinajstić information content (AvgIpc) is 2.64. The molecule has 1 nitrogen and oxygen atoms in total. The minimum Gasteiger partial charge on any atom is -1.00 e. The first-order valence-electron chi connectivity index (χ1n) is 4.25. The number of hydrogen-bond donors (Lipinski definition) is 0. The number of para-hydroxylation sites is 1. The molecule has 0 N–H and O–H groups in total. The van der Waals surface area contributed by atoms with Gasteiger partial charge in [-0.25, -0.2) is 0 Å². The number of halogens is 4. The standard InChI is InChI=1S/C11H8Cl2O.2ClH.Ti/c12-9-6-3-7-10(13)11(9)14-8-4-1-2-5-8;;;/h1-4,6-7H,5H2;2*1H;/q;;;+2/p-2. The number of ether oxygens (including phenoxy) is 1. The molecule has 90 valence electrons. The Bertz CT molecular complexity index is 398. The fraction of sp³-hybridized carbons (Fsp3) is 0.0909. The van der Waals surface area contributed by atoms with Gasteiger partial charge in [-0.05, 0) is 18.2 Å². The van der Waals surface area contributed by atoms with E-state index in [9.17, 15) is 0 Å². The van der Waals surface area contributed by atoms with Crippen molar-refractivity contribution in [2.45, 2.75) is 6.42 Å². The van der Waals surface area contributed by atoms with Gasteiger partial charge < -0.3 is 29.6 Å². The minimum atomic E-state index is 0. The van der Waals surface area contributed by atoms with Crippen molar-refractivity contribution in [3.05, 3.63) is 52.2 Å². The van der Waals surface area contributed by atoms with Crippen LogP contribution in [0.4, 0.5) is 0 Å². The first kappa shape index (κ1) is 19.7. The van der Waals surface area contributed by atoms with Gasteiger partial charge in [0, 0.05) is 6.42 Å². The fourth-order valence-corrected chi connectivity index (χ4v) is 1.69. The summed E-state index contributed by atoms with van der Waals surface area (Å²) < 4.78 is 5.57. The summed E-state index contributed by atoms with van der Waals surface area (Å²) >= 11 is 11.9. The number of rotatable bonds is 2. The average molecular weight is 346 g/mol. The van der Waals surface area contributed by atoms with Crippen molar-refractivity contribution >= 4 is 23.2 Å². The maximum absolute atomic E-state index is 5.95. The number of benzene rings is 1. The first-order chi connectivity index (χ1) is 6.77. The molecule has 0 radical (unpaired) electrons. The maximum atomic E-state index is 5.95. The number of hydrogen-bond acceptors (Lipinski definition) is 1.